The molecule has 0 aliphatic carbocycles. The Bertz CT molecular complexity index is 1920. The van der Waals surface area contributed by atoms with Crippen molar-refractivity contribution in [3.63, 3.8) is 0 Å². The number of benzene rings is 1. The monoisotopic (exact) mass is 546 g/mol. The third kappa shape index (κ3) is 4.75. The molecule has 0 atom stereocenters. The van der Waals surface area contributed by atoms with Crippen LogP contribution in [0.4, 0.5) is 13.2 Å². The van der Waals surface area contributed by atoms with Crippen LogP contribution >= 0.6 is 0 Å². The van der Waals surface area contributed by atoms with Crippen LogP contribution in [0.15, 0.2) is 99.9 Å². The van der Waals surface area contributed by atoms with Crippen molar-refractivity contribution in [2.75, 3.05) is 0 Å². The van der Waals surface area contributed by atoms with E-state index < -0.39 is 23.0 Å². The van der Waals surface area contributed by atoms with Crippen molar-refractivity contribution in [3.8, 4) is 11.3 Å². The van der Waals surface area contributed by atoms with Crippen LogP contribution < -0.4 is 11.2 Å². The van der Waals surface area contributed by atoms with Crippen molar-refractivity contribution < 1.29 is 17.6 Å². The number of hydrogen-bond donors (Lipinski definition) is 1. The van der Waals surface area contributed by atoms with Crippen LogP contribution in [0.2, 0.25) is 0 Å². The average molecular weight is 547 g/mol. The Morgan fingerprint density at radius 1 is 0.925 bits per heavy atom. The van der Waals surface area contributed by atoms with Gasteiger partial charge in [-0.25, -0.2) is 4.79 Å². The molecule has 0 amide bonds. The van der Waals surface area contributed by atoms with Crippen LogP contribution in [0.5, 0.6) is 0 Å². The molecule has 0 saturated carbocycles. The van der Waals surface area contributed by atoms with E-state index in [-0.39, 0.29) is 30.7 Å². The molecule has 5 aromatic heterocycles. The lowest BCUT2D eigenvalue weighted by Gasteiger charge is -2.12. The maximum atomic E-state index is 13.6. The number of furan rings is 1. The number of nitrogens with zero attached hydrogens (tertiary/aromatic N) is 5. The molecule has 202 valence electrons. The topological polar surface area (TPSA) is 104 Å². The van der Waals surface area contributed by atoms with E-state index in [1.165, 1.54) is 40.1 Å². The Morgan fingerprint density at radius 3 is 2.45 bits per heavy atom. The normalized spacial score (nSPS) is 11.9. The van der Waals surface area contributed by atoms with Gasteiger partial charge in [0, 0.05) is 29.7 Å². The summed E-state index contributed by atoms with van der Waals surface area (Å²) >= 11 is 0. The standard InChI is InChI=1S/C28H21F3N6O3/c29-28(30,31)22-4-2-1-3-20(22)15-35-16-21(12-33-35)23-11-24-25(34-23)26(38)37(14-19-7-10-40-17-19)27(39)36(24)13-18-5-8-32-9-6-18/h1-12,16-17,34H,13-15H2. The highest BCUT2D eigenvalue weighted by Crippen LogP contribution is 2.32. The Labute approximate surface area is 223 Å². The molecule has 5 heterocycles. The van der Waals surface area contributed by atoms with Gasteiger partial charge in [-0.05, 0) is 41.5 Å². The SMILES string of the molecule is O=c1c2[nH]c(-c3cnn(Cc4ccccc4C(F)(F)F)c3)cc2n(Cc2ccncc2)c(=O)n1Cc1ccoc1. The molecule has 0 fully saturated rings. The Balaban J connectivity index is 1.42. The van der Waals surface area contributed by atoms with Crippen molar-refractivity contribution in [2.24, 2.45) is 0 Å². The molecule has 0 radical (unpaired) electrons. The average Bonchev–Trinajstić information content (AvgIpc) is 3.71. The molecule has 12 heteroatoms. The highest BCUT2D eigenvalue weighted by molar-refractivity contribution is 5.82. The zero-order valence-electron chi connectivity index (χ0n) is 20.8. The first-order chi connectivity index (χ1) is 19.3. The smallest absolute Gasteiger partial charge is 0.416 e. The van der Waals surface area contributed by atoms with Gasteiger partial charge in [0.25, 0.3) is 5.56 Å². The summed E-state index contributed by atoms with van der Waals surface area (Å²) in [7, 11) is 0. The van der Waals surface area contributed by atoms with E-state index in [1.807, 2.05) is 0 Å². The predicted molar refractivity (Wildman–Crippen MR) is 140 cm³/mol. The Morgan fingerprint density at radius 2 is 1.70 bits per heavy atom. The third-order valence-electron chi connectivity index (χ3n) is 6.62. The molecule has 0 aliphatic rings. The minimum atomic E-state index is -4.49. The van der Waals surface area contributed by atoms with Crippen LogP contribution in [-0.2, 0) is 25.8 Å². The molecule has 6 aromatic rings. The molecule has 1 N–H and O–H groups in total. The van der Waals surface area contributed by atoms with Gasteiger partial charge in [-0.15, -0.1) is 0 Å². The molecule has 0 bridgehead atoms. The fraction of sp³-hybridized carbons (Fsp3) is 0.143. The number of pyridine rings is 1. The van der Waals surface area contributed by atoms with E-state index in [0.717, 1.165) is 16.2 Å². The van der Waals surface area contributed by atoms with Crippen LogP contribution in [0.1, 0.15) is 22.3 Å². The van der Waals surface area contributed by atoms with Gasteiger partial charge >= 0.3 is 11.9 Å². The zero-order valence-corrected chi connectivity index (χ0v) is 20.8. The second-order valence-corrected chi connectivity index (χ2v) is 9.27. The van der Waals surface area contributed by atoms with Gasteiger partial charge in [0.1, 0.15) is 5.52 Å². The van der Waals surface area contributed by atoms with Gasteiger partial charge in [-0.3, -0.25) is 23.6 Å². The number of halogens is 3. The van der Waals surface area contributed by atoms with E-state index >= 15 is 0 Å². The number of aromatic amines is 1. The molecule has 0 saturated heterocycles. The fourth-order valence-corrected chi connectivity index (χ4v) is 4.67. The Hall–Kier alpha value is -5.13. The Kier molecular flexibility index (Phi) is 6.21. The summed E-state index contributed by atoms with van der Waals surface area (Å²) in [5.74, 6) is 0. The van der Waals surface area contributed by atoms with E-state index in [2.05, 4.69) is 15.1 Å². The lowest BCUT2D eigenvalue weighted by Crippen LogP contribution is -2.40. The lowest BCUT2D eigenvalue weighted by molar-refractivity contribution is -0.138. The number of rotatable bonds is 7. The first-order valence-corrected chi connectivity index (χ1v) is 12.2. The van der Waals surface area contributed by atoms with Gasteiger partial charge < -0.3 is 9.40 Å². The van der Waals surface area contributed by atoms with E-state index in [0.29, 0.717) is 22.3 Å². The molecular formula is C28H21F3N6O3. The lowest BCUT2D eigenvalue weighted by atomic mass is 10.1. The second-order valence-electron chi connectivity index (χ2n) is 9.27. The summed E-state index contributed by atoms with van der Waals surface area (Å²) in [4.78, 5) is 34.1. The number of alkyl halides is 3. The predicted octanol–water partition coefficient (Wildman–Crippen LogP) is 4.51. The van der Waals surface area contributed by atoms with Crippen molar-refractivity contribution in [3.05, 3.63) is 129 Å². The van der Waals surface area contributed by atoms with Crippen molar-refractivity contribution >= 4 is 11.0 Å². The van der Waals surface area contributed by atoms with Crippen LogP contribution in [0.3, 0.4) is 0 Å². The number of hydrogen-bond acceptors (Lipinski definition) is 5. The number of aromatic nitrogens is 6. The van der Waals surface area contributed by atoms with Crippen molar-refractivity contribution in [2.45, 2.75) is 25.8 Å². The maximum Gasteiger partial charge on any atom is 0.416 e. The van der Waals surface area contributed by atoms with Crippen molar-refractivity contribution in [1.82, 2.24) is 28.9 Å². The van der Waals surface area contributed by atoms with Crippen LogP contribution in [-0.4, -0.2) is 28.9 Å². The minimum absolute atomic E-state index is 0.0192. The summed E-state index contributed by atoms with van der Waals surface area (Å²) in [6.45, 7) is 0.111. The highest BCUT2D eigenvalue weighted by Gasteiger charge is 2.33. The van der Waals surface area contributed by atoms with Gasteiger partial charge in [0.05, 0.1) is 55.1 Å². The maximum absolute atomic E-state index is 13.6. The van der Waals surface area contributed by atoms with Gasteiger partial charge in [-0.2, -0.15) is 18.3 Å². The molecule has 9 nitrogen and oxygen atoms in total. The van der Waals surface area contributed by atoms with Crippen LogP contribution in [0, 0.1) is 0 Å². The molecule has 6 rings (SSSR count). The number of H-pyrrole nitrogens is 1. The molecule has 0 aliphatic heterocycles. The first kappa shape index (κ1) is 25.2. The summed E-state index contributed by atoms with van der Waals surface area (Å²) in [6.07, 6.45) is 4.77. The molecule has 0 unspecified atom stereocenters. The van der Waals surface area contributed by atoms with Gasteiger partial charge in [-0.1, -0.05) is 18.2 Å². The van der Waals surface area contributed by atoms with Crippen molar-refractivity contribution in [1.29, 1.82) is 0 Å². The molecule has 0 spiro atoms. The van der Waals surface area contributed by atoms with E-state index in [4.69, 9.17) is 4.42 Å². The summed E-state index contributed by atoms with van der Waals surface area (Å²) in [5, 5.41) is 4.24. The summed E-state index contributed by atoms with van der Waals surface area (Å²) in [5.41, 5.74) is 1.45. The van der Waals surface area contributed by atoms with Crippen LogP contribution in [0.25, 0.3) is 22.3 Å². The van der Waals surface area contributed by atoms with E-state index in [9.17, 15) is 22.8 Å². The molecule has 40 heavy (non-hydrogen) atoms. The van der Waals surface area contributed by atoms with E-state index in [1.54, 1.807) is 48.9 Å². The quantitative estimate of drug-likeness (QED) is 0.318. The largest absolute Gasteiger partial charge is 0.472 e. The van der Waals surface area contributed by atoms with Gasteiger partial charge in [0.15, 0.2) is 0 Å². The number of fused-ring (bicyclic) bond motifs is 1. The third-order valence-corrected chi connectivity index (χ3v) is 6.62. The highest BCUT2D eigenvalue weighted by atomic mass is 19.4. The first-order valence-electron chi connectivity index (χ1n) is 12.2. The molecular weight excluding hydrogens is 525 g/mol. The second kappa shape index (κ2) is 9.88. The number of nitrogens with one attached hydrogen (secondary N) is 1. The molecule has 1 aromatic carbocycles. The fourth-order valence-electron chi connectivity index (χ4n) is 4.67. The zero-order chi connectivity index (χ0) is 27.9. The minimum Gasteiger partial charge on any atom is -0.472 e. The summed E-state index contributed by atoms with van der Waals surface area (Å²) in [6, 6.07) is 12.2. The summed E-state index contributed by atoms with van der Waals surface area (Å²) < 4.78 is 49.5. The van der Waals surface area contributed by atoms with Gasteiger partial charge in [0.2, 0.25) is 0 Å².